The molecule has 0 amide bonds. The number of aliphatic carboxylic acids is 2. The molecule has 0 spiro atoms. The summed E-state index contributed by atoms with van der Waals surface area (Å²) in [6.45, 7) is -1.49. The largest absolute Gasteiger partial charge is 0.479 e. The molecule has 8 heteroatoms. The number of carboxylic acids is 2. The highest BCUT2D eigenvalue weighted by Crippen LogP contribution is 2.68. The maximum Gasteiger partial charge on any atom is 0.341 e. The minimum absolute atomic E-state index is 0.0476. The Balaban J connectivity index is 1.58. The highest BCUT2D eigenvalue weighted by atomic mass is 16.6. The van der Waals surface area contributed by atoms with Crippen LogP contribution in [-0.2, 0) is 28.7 Å². The Morgan fingerprint density at radius 3 is 1.58 bits per heavy atom. The predicted molar refractivity (Wildman–Crippen MR) is 83.5 cm³/mol. The van der Waals surface area contributed by atoms with Crippen molar-refractivity contribution in [2.24, 2.45) is 47.3 Å². The number of fused-ring (bicyclic) bond motifs is 9. The third-order valence-corrected chi connectivity index (χ3v) is 6.65. The SMILES string of the molecule is O=C(O)COC(=O)C1C2CC(C1C(=O)OCC(=O)O)C1C3C=CC(C3)C21. The monoisotopic (exact) mass is 364 g/mol. The molecule has 4 aliphatic carbocycles. The zero-order valence-corrected chi connectivity index (χ0v) is 13.9. The van der Waals surface area contributed by atoms with Crippen LogP contribution >= 0.6 is 0 Å². The predicted octanol–water partition coefficient (Wildman–Crippen LogP) is 0.562. The fourth-order valence-corrected chi connectivity index (χ4v) is 6.14. The lowest BCUT2D eigenvalue weighted by Gasteiger charge is -2.39. The zero-order valence-electron chi connectivity index (χ0n) is 13.9. The first-order chi connectivity index (χ1) is 12.4. The molecule has 8 nitrogen and oxygen atoms in total. The highest BCUT2D eigenvalue weighted by Gasteiger charge is 2.68. The van der Waals surface area contributed by atoms with E-state index in [1.807, 2.05) is 0 Å². The number of carbonyl (C=O) groups is 4. The number of hydrogen-bond acceptors (Lipinski definition) is 6. The first kappa shape index (κ1) is 17.1. The molecule has 0 heterocycles. The summed E-state index contributed by atoms with van der Waals surface area (Å²) in [4.78, 5) is 46.5. The number of rotatable bonds is 6. The van der Waals surface area contributed by atoms with Crippen LogP contribution in [0.4, 0.5) is 0 Å². The van der Waals surface area contributed by atoms with E-state index in [0.717, 1.165) is 6.42 Å². The van der Waals surface area contributed by atoms with Crippen LogP contribution in [0.3, 0.4) is 0 Å². The van der Waals surface area contributed by atoms with Gasteiger partial charge in [0.15, 0.2) is 13.2 Å². The van der Waals surface area contributed by atoms with Crippen LogP contribution in [0.1, 0.15) is 12.8 Å². The van der Waals surface area contributed by atoms with Gasteiger partial charge in [-0.1, -0.05) is 12.2 Å². The minimum Gasteiger partial charge on any atom is -0.479 e. The molecule has 3 saturated carbocycles. The average molecular weight is 364 g/mol. The summed E-state index contributed by atoms with van der Waals surface area (Å²) >= 11 is 0. The molecule has 26 heavy (non-hydrogen) atoms. The van der Waals surface area contributed by atoms with E-state index in [9.17, 15) is 19.2 Å². The first-order valence-electron chi connectivity index (χ1n) is 8.83. The van der Waals surface area contributed by atoms with Gasteiger partial charge in [0.2, 0.25) is 0 Å². The van der Waals surface area contributed by atoms with E-state index < -0.39 is 48.9 Å². The molecule has 0 aliphatic heterocycles. The van der Waals surface area contributed by atoms with Gasteiger partial charge in [-0.2, -0.15) is 0 Å². The van der Waals surface area contributed by atoms with Crippen molar-refractivity contribution in [2.75, 3.05) is 13.2 Å². The Morgan fingerprint density at radius 2 is 1.19 bits per heavy atom. The van der Waals surface area contributed by atoms with E-state index in [2.05, 4.69) is 12.2 Å². The van der Waals surface area contributed by atoms with E-state index in [1.54, 1.807) is 0 Å². The molecule has 4 aliphatic rings. The Bertz CT molecular complexity index is 641. The van der Waals surface area contributed by atoms with Gasteiger partial charge in [0, 0.05) is 0 Å². The Hall–Kier alpha value is -2.38. The topological polar surface area (TPSA) is 127 Å². The molecule has 4 rings (SSSR count). The summed E-state index contributed by atoms with van der Waals surface area (Å²) < 4.78 is 9.79. The number of carbonyl (C=O) groups excluding carboxylic acids is 2. The molecule has 0 aromatic carbocycles. The lowest BCUT2D eigenvalue weighted by Crippen LogP contribution is -2.45. The second kappa shape index (κ2) is 6.10. The van der Waals surface area contributed by atoms with Crippen LogP contribution in [0.25, 0.3) is 0 Å². The number of esters is 2. The molecule has 0 saturated heterocycles. The Morgan fingerprint density at radius 1 is 0.769 bits per heavy atom. The highest BCUT2D eigenvalue weighted by molar-refractivity contribution is 5.86. The molecule has 140 valence electrons. The lowest BCUT2D eigenvalue weighted by molar-refractivity contribution is -0.171. The molecule has 0 aromatic heterocycles. The van der Waals surface area contributed by atoms with Gasteiger partial charge in [0.1, 0.15) is 0 Å². The molecule has 8 atom stereocenters. The summed E-state index contributed by atoms with van der Waals surface area (Å²) in [5.41, 5.74) is 0. The molecular weight excluding hydrogens is 344 g/mol. The smallest absolute Gasteiger partial charge is 0.341 e. The van der Waals surface area contributed by atoms with Crippen molar-refractivity contribution >= 4 is 23.9 Å². The fourth-order valence-electron chi connectivity index (χ4n) is 6.14. The molecule has 0 aromatic rings. The van der Waals surface area contributed by atoms with E-state index >= 15 is 0 Å². The third kappa shape index (κ3) is 2.50. The summed E-state index contributed by atoms with van der Waals surface area (Å²) in [6.07, 6.45) is 6.09. The Kier molecular flexibility index (Phi) is 4.00. The Labute approximate surface area is 149 Å². The molecular formula is C18H20O8. The summed E-state index contributed by atoms with van der Waals surface area (Å²) in [5, 5.41) is 17.5. The van der Waals surface area contributed by atoms with Crippen molar-refractivity contribution in [1.29, 1.82) is 0 Å². The third-order valence-electron chi connectivity index (χ3n) is 6.65. The van der Waals surface area contributed by atoms with Crippen molar-refractivity contribution < 1.29 is 38.9 Å². The van der Waals surface area contributed by atoms with Gasteiger partial charge in [-0.25, -0.2) is 9.59 Å². The van der Waals surface area contributed by atoms with Crippen molar-refractivity contribution in [3.8, 4) is 0 Å². The van der Waals surface area contributed by atoms with Crippen molar-refractivity contribution in [2.45, 2.75) is 12.8 Å². The van der Waals surface area contributed by atoms with Gasteiger partial charge in [0.25, 0.3) is 0 Å². The van der Waals surface area contributed by atoms with Gasteiger partial charge in [-0.3, -0.25) is 9.59 Å². The van der Waals surface area contributed by atoms with Gasteiger partial charge in [-0.15, -0.1) is 0 Å². The molecule has 3 fully saturated rings. The van der Waals surface area contributed by atoms with Gasteiger partial charge >= 0.3 is 23.9 Å². The van der Waals surface area contributed by atoms with Gasteiger partial charge < -0.3 is 19.7 Å². The van der Waals surface area contributed by atoms with E-state index in [-0.39, 0.29) is 11.8 Å². The molecule has 8 unspecified atom stereocenters. The van der Waals surface area contributed by atoms with Gasteiger partial charge in [-0.05, 0) is 48.3 Å². The van der Waals surface area contributed by atoms with E-state index in [4.69, 9.17) is 19.7 Å². The second-order valence-electron chi connectivity index (χ2n) is 7.72. The van der Waals surface area contributed by atoms with Crippen LogP contribution in [0.15, 0.2) is 12.2 Å². The van der Waals surface area contributed by atoms with Crippen LogP contribution in [0.5, 0.6) is 0 Å². The molecule has 0 radical (unpaired) electrons. The van der Waals surface area contributed by atoms with Crippen molar-refractivity contribution in [1.82, 2.24) is 0 Å². The van der Waals surface area contributed by atoms with Crippen LogP contribution in [-0.4, -0.2) is 47.3 Å². The van der Waals surface area contributed by atoms with Gasteiger partial charge in [0.05, 0.1) is 11.8 Å². The normalized spacial score (nSPS) is 41.1. The maximum atomic E-state index is 12.6. The standard InChI is InChI=1S/C18H20O8/c19-11(20)5-25-17(23)15-9-4-10(16(15)18(24)26-6-12(21)22)14-8-2-1-7(3-8)13(9)14/h1-2,7-10,13-16H,3-6H2,(H,19,20)(H,21,22). The van der Waals surface area contributed by atoms with Crippen LogP contribution < -0.4 is 0 Å². The minimum atomic E-state index is -1.26. The number of carboxylic acid groups (broad SMARTS) is 2. The number of ether oxygens (including phenoxy) is 2. The fraction of sp³-hybridized carbons (Fsp3) is 0.667. The van der Waals surface area contributed by atoms with E-state index in [1.165, 1.54) is 0 Å². The first-order valence-corrected chi connectivity index (χ1v) is 8.83. The maximum absolute atomic E-state index is 12.6. The molecule has 4 bridgehead atoms. The van der Waals surface area contributed by atoms with Crippen molar-refractivity contribution in [3.63, 3.8) is 0 Å². The second-order valence-corrected chi connectivity index (χ2v) is 7.72. The van der Waals surface area contributed by atoms with E-state index in [0.29, 0.717) is 30.1 Å². The van der Waals surface area contributed by atoms with Crippen LogP contribution in [0.2, 0.25) is 0 Å². The summed E-state index contributed by atoms with van der Waals surface area (Å²) in [7, 11) is 0. The average Bonchev–Trinajstić information content (AvgIpc) is 3.34. The summed E-state index contributed by atoms with van der Waals surface area (Å²) in [6, 6.07) is 0. The van der Waals surface area contributed by atoms with Crippen LogP contribution in [0, 0.1) is 47.3 Å². The zero-order chi connectivity index (χ0) is 18.6. The summed E-state index contributed by atoms with van der Waals surface area (Å²) in [5.74, 6) is -4.10. The number of allylic oxidation sites excluding steroid dienone is 2. The quantitative estimate of drug-likeness (QED) is 0.398. The van der Waals surface area contributed by atoms with Crippen molar-refractivity contribution in [3.05, 3.63) is 12.2 Å². The lowest BCUT2D eigenvalue weighted by atomic mass is 9.65. The molecule has 2 N–H and O–H groups in total. The number of hydrogen-bond donors (Lipinski definition) is 2.